The molecule has 1 heterocycles. The van der Waals surface area contributed by atoms with Crippen molar-refractivity contribution in [1.29, 1.82) is 0 Å². The van der Waals surface area contributed by atoms with Crippen molar-refractivity contribution in [2.75, 3.05) is 19.8 Å². The van der Waals surface area contributed by atoms with Crippen LogP contribution < -0.4 is 14.8 Å². The summed E-state index contributed by atoms with van der Waals surface area (Å²) in [5, 5.41) is 2.77. The minimum absolute atomic E-state index is 0.0780. The van der Waals surface area contributed by atoms with Crippen molar-refractivity contribution >= 4 is 15.9 Å². The van der Waals surface area contributed by atoms with Crippen molar-refractivity contribution in [3.63, 3.8) is 0 Å². The van der Waals surface area contributed by atoms with E-state index in [-0.39, 0.29) is 29.6 Å². The van der Waals surface area contributed by atoms with E-state index < -0.39 is 10.0 Å². The predicted molar refractivity (Wildman–Crippen MR) is 109 cm³/mol. The molecule has 29 heavy (non-hydrogen) atoms. The Kier molecular flexibility index (Phi) is 7.24. The summed E-state index contributed by atoms with van der Waals surface area (Å²) in [4.78, 5) is 12.0. The zero-order valence-corrected chi connectivity index (χ0v) is 17.2. The zero-order valence-electron chi connectivity index (χ0n) is 16.3. The third kappa shape index (κ3) is 6.28. The lowest BCUT2D eigenvalue weighted by Gasteiger charge is -2.15. The fourth-order valence-corrected chi connectivity index (χ4v) is 4.29. The molecule has 2 N–H and O–H groups in total. The van der Waals surface area contributed by atoms with E-state index in [9.17, 15) is 13.2 Å². The van der Waals surface area contributed by atoms with Crippen LogP contribution in [0.2, 0.25) is 0 Å². The van der Waals surface area contributed by atoms with Crippen molar-refractivity contribution in [2.45, 2.75) is 36.8 Å². The van der Waals surface area contributed by atoms with E-state index in [0.717, 1.165) is 25.0 Å². The van der Waals surface area contributed by atoms with E-state index in [4.69, 9.17) is 9.47 Å². The zero-order chi connectivity index (χ0) is 20.7. The Labute approximate surface area is 171 Å². The third-order valence-corrected chi connectivity index (χ3v) is 6.24. The second-order valence-electron chi connectivity index (χ2n) is 6.95. The van der Waals surface area contributed by atoms with E-state index in [1.54, 1.807) is 6.92 Å². The number of benzene rings is 2. The van der Waals surface area contributed by atoms with Crippen molar-refractivity contribution in [2.24, 2.45) is 0 Å². The van der Waals surface area contributed by atoms with Crippen LogP contribution in [0.3, 0.4) is 0 Å². The van der Waals surface area contributed by atoms with E-state index in [1.807, 2.05) is 30.3 Å². The third-order valence-electron chi connectivity index (χ3n) is 4.69. The second-order valence-corrected chi connectivity index (χ2v) is 8.67. The van der Waals surface area contributed by atoms with Crippen LogP contribution >= 0.6 is 0 Å². The van der Waals surface area contributed by atoms with Crippen LogP contribution in [0.25, 0.3) is 0 Å². The minimum atomic E-state index is -3.67. The van der Waals surface area contributed by atoms with Crippen LogP contribution in [-0.4, -0.2) is 40.2 Å². The first kappa shape index (κ1) is 21.3. The highest BCUT2D eigenvalue weighted by Crippen LogP contribution is 2.19. The number of sulfonamides is 1. The van der Waals surface area contributed by atoms with Gasteiger partial charge in [0.2, 0.25) is 10.0 Å². The lowest BCUT2D eigenvalue weighted by Crippen LogP contribution is -2.35. The molecule has 0 spiro atoms. The smallest absolute Gasteiger partial charge is 0.258 e. The average Bonchev–Trinajstić information content (AvgIpc) is 3.25. The summed E-state index contributed by atoms with van der Waals surface area (Å²) in [5.41, 5.74) is 0.880. The van der Waals surface area contributed by atoms with Crippen LogP contribution in [0.1, 0.15) is 31.4 Å². The molecule has 1 saturated heterocycles. The van der Waals surface area contributed by atoms with E-state index >= 15 is 0 Å². The highest BCUT2D eigenvalue weighted by Gasteiger charge is 2.19. The molecule has 2 atom stereocenters. The molecule has 0 unspecified atom stereocenters. The molecule has 8 heteroatoms. The Morgan fingerprint density at radius 3 is 2.55 bits per heavy atom. The summed E-state index contributed by atoms with van der Waals surface area (Å²) in [5.74, 6) is 0.183. The highest BCUT2D eigenvalue weighted by molar-refractivity contribution is 7.89. The lowest BCUT2D eigenvalue weighted by atomic mass is 10.1. The number of nitrogens with one attached hydrogen (secondary N) is 2. The van der Waals surface area contributed by atoms with Gasteiger partial charge >= 0.3 is 0 Å². The summed E-state index contributed by atoms with van der Waals surface area (Å²) in [7, 11) is -3.67. The summed E-state index contributed by atoms with van der Waals surface area (Å²) < 4.78 is 38.7. The molecule has 0 saturated carbocycles. The molecule has 0 bridgehead atoms. The Bertz CT molecular complexity index is 894. The minimum Gasteiger partial charge on any atom is -0.484 e. The molecule has 1 aliphatic rings. The Morgan fingerprint density at radius 2 is 1.90 bits per heavy atom. The normalized spacial score (nSPS) is 17.6. The van der Waals surface area contributed by atoms with Crippen molar-refractivity contribution < 1.29 is 22.7 Å². The van der Waals surface area contributed by atoms with Gasteiger partial charge in [0.1, 0.15) is 5.75 Å². The largest absolute Gasteiger partial charge is 0.484 e. The van der Waals surface area contributed by atoms with Crippen LogP contribution in [0.4, 0.5) is 0 Å². The van der Waals surface area contributed by atoms with Gasteiger partial charge in [-0.2, -0.15) is 0 Å². The molecule has 2 aromatic carbocycles. The number of carbonyl (C=O) groups excluding carboxylic acids is 1. The van der Waals surface area contributed by atoms with E-state index in [0.29, 0.717) is 12.3 Å². The SMILES string of the molecule is C[C@@H](NS(=O)(=O)c1ccc(OCC(=O)NC[C@@H]2CCCO2)cc1)c1ccccc1. The molecular formula is C21H26N2O5S. The number of amides is 1. The first-order chi connectivity index (χ1) is 13.9. The highest BCUT2D eigenvalue weighted by atomic mass is 32.2. The average molecular weight is 419 g/mol. The van der Waals surface area contributed by atoms with Crippen LogP contribution in [0.15, 0.2) is 59.5 Å². The molecule has 3 rings (SSSR count). The molecule has 0 aromatic heterocycles. The van der Waals surface area contributed by atoms with Crippen molar-refractivity contribution in [1.82, 2.24) is 10.0 Å². The maximum Gasteiger partial charge on any atom is 0.258 e. The summed E-state index contributed by atoms with van der Waals surface area (Å²) in [6.45, 7) is 2.87. The Hall–Kier alpha value is -2.42. The first-order valence-electron chi connectivity index (χ1n) is 9.62. The van der Waals surface area contributed by atoms with E-state index in [2.05, 4.69) is 10.0 Å². The predicted octanol–water partition coefficient (Wildman–Crippen LogP) is 2.40. The number of carbonyl (C=O) groups is 1. The summed E-state index contributed by atoms with van der Waals surface area (Å²) in [6.07, 6.45) is 2.05. The standard InChI is InChI=1S/C21H26N2O5S/c1-16(17-6-3-2-4-7-17)23-29(25,26)20-11-9-18(10-12-20)28-15-21(24)22-14-19-8-5-13-27-19/h2-4,6-7,9-12,16,19,23H,5,8,13-15H2,1H3,(H,22,24)/t16-,19+/m1/s1. The monoisotopic (exact) mass is 418 g/mol. The Morgan fingerprint density at radius 1 is 1.17 bits per heavy atom. The van der Waals surface area contributed by atoms with Crippen molar-refractivity contribution in [3.05, 3.63) is 60.2 Å². The second kappa shape index (κ2) is 9.87. The maximum absolute atomic E-state index is 12.6. The van der Waals surface area contributed by atoms with Gasteiger partial charge in [-0.15, -0.1) is 0 Å². The first-order valence-corrected chi connectivity index (χ1v) is 11.1. The molecule has 0 aliphatic carbocycles. The van der Waals surface area contributed by atoms with Gasteiger partial charge < -0.3 is 14.8 Å². The van der Waals surface area contributed by atoms with Gasteiger partial charge in [-0.05, 0) is 49.6 Å². The van der Waals surface area contributed by atoms with E-state index in [1.165, 1.54) is 24.3 Å². The summed E-state index contributed by atoms with van der Waals surface area (Å²) >= 11 is 0. The van der Waals surface area contributed by atoms with Gasteiger partial charge in [-0.25, -0.2) is 13.1 Å². The number of hydrogen-bond donors (Lipinski definition) is 2. The molecular weight excluding hydrogens is 392 g/mol. The topological polar surface area (TPSA) is 93.7 Å². The quantitative estimate of drug-likeness (QED) is 0.652. The Balaban J connectivity index is 1.50. The van der Waals surface area contributed by atoms with Gasteiger partial charge in [-0.1, -0.05) is 30.3 Å². The van der Waals surface area contributed by atoms with Crippen LogP contribution in [-0.2, 0) is 19.6 Å². The van der Waals surface area contributed by atoms with Crippen molar-refractivity contribution in [3.8, 4) is 5.75 Å². The van der Waals surface area contributed by atoms with Gasteiger partial charge in [0.15, 0.2) is 6.61 Å². The molecule has 1 fully saturated rings. The number of hydrogen-bond acceptors (Lipinski definition) is 5. The number of rotatable bonds is 9. The molecule has 7 nitrogen and oxygen atoms in total. The molecule has 156 valence electrons. The lowest BCUT2D eigenvalue weighted by molar-refractivity contribution is -0.123. The van der Waals surface area contributed by atoms with Gasteiger partial charge in [0.25, 0.3) is 5.91 Å². The fraction of sp³-hybridized carbons (Fsp3) is 0.381. The van der Waals surface area contributed by atoms with Crippen LogP contribution in [0.5, 0.6) is 5.75 Å². The van der Waals surface area contributed by atoms with Gasteiger partial charge in [0.05, 0.1) is 11.0 Å². The van der Waals surface area contributed by atoms with Gasteiger partial charge in [0, 0.05) is 19.2 Å². The van der Waals surface area contributed by atoms with Gasteiger partial charge in [-0.3, -0.25) is 4.79 Å². The number of ether oxygens (including phenoxy) is 2. The molecule has 0 radical (unpaired) electrons. The van der Waals surface area contributed by atoms with Crippen LogP contribution in [0, 0.1) is 0 Å². The molecule has 1 aliphatic heterocycles. The maximum atomic E-state index is 12.6. The summed E-state index contributed by atoms with van der Waals surface area (Å²) in [6, 6.07) is 15.0. The molecule has 1 amide bonds. The molecule has 2 aromatic rings. The fourth-order valence-electron chi connectivity index (χ4n) is 3.06.